The third-order valence-electron chi connectivity index (χ3n) is 4.31. The number of carbonyl (C=O) groups excluding carboxylic acids is 1. The lowest BCUT2D eigenvalue weighted by molar-refractivity contribution is -0.123. The van der Waals surface area contributed by atoms with Gasteiger partial charge in [-0.25, -0.2) is 0 Å². The van der Waals surface area contributed by atoms with Crippen molar-refractivity contribution < 1.29 is 4.79 Å². The van der Waals surface area contributed by atoms with Crippen LogP contribution in [0.25, 0.3) is 0 Å². The van der Waals surface area contributed by atoms with Gasteiger partial charge in [0.15, 0.2) is 0 Å². The molecule has 0 bridgehead atoms. The second kappa shape index (κ2) is 7.80. The van der Waals surface area contributed by atoms with Gasteiger partial charge >= 0.3 is 0 Å². The van der Waals surface area contributed by atoms with Crippen molar-refractivity contribution in [3.63, 3.8) is 0 Å². The Balaban J connectivity index is 2.06. The van der Waals surface area contributed by atoms with E-state index in [-0.39, 0.29) is 11.8 Å². The van der Waals surface area contributed by atoms with Crippen molar-refractivity contribution >= 4 is 11.6 Å². The summed E-state index contributed by atoms with van der Waals surface area (Å²) < 4.78 is 0. The first kappa shape index (κ1) is 15.5. The van der Waals surface area contributed by atoms with Crippen LogP contribution in [0, 0.1) is 23.2 Å². The van der Waals surface area contributed by atoms with Gasteiger partial charge in [0, 0.05) is 18.2 Å². The van der Waals surface area contributed by atoms with Gasteiger partial charge in [0.05, 0.1) is 12.5 Å². The molecule has 0 spiro atoms. The number of anilines is 1. The average molecular weight is 285 g/mol. The Morgan fingerprint density at radius 3 is 2.48 bits per heavy atom. The molecule has 1 saturated carbocycles. The molecule has 1 aromatic carbocycles. The minimum absolute atomic E-state index is 0.0756. The van der Waals surface area contributed by atoms with Gasteiger partial charge in [-0.05, 0) is 50.3 Å². The molecule has 1 aliphatic carbocycles. The summed E-state index contributed by atoms with van der Waals surface area (Å²) in [6, 6.07) is 11.8. The van der Waals surface area contributed by atoms with Crippen LogP contribution in [0.1, 0.15) is 32.1 Å². The minimum atomic E-state index is 0.0756. The summed E-state index contributed by atoms with van der Waals surface area (Å²) in [6.07, 6.45) is 4.26. The number of nitrogens with two attached hydrogens (primary N) is 1. The van der Waals surface area contributed by atoms with E-state index in [0.29, 0.717) is 18.9 Å². The fraction of sp³-hybridized carbons (Fsp3) is 0.529. The number of hydrogen-bond acceptors (Lipinski definition) is 3. The van der Waals surface area contributed by atoms with Crippen LogP contribution in [0.2, 0.25) is 0 Å². The highest BCUT2D eigenvalue weighted by Crippen LogP contribution is 2.30. The normalized spacial score (nSPS) is 21.5. The highest BCUT2D eigenvalue weighted by molar-refractivity contribution is 5.95. The van der Waals surface area contributed by atoms with E-state index in [1.807, 2.05) is 30.3 Å². The smallest absolute Gasteiger partial charge is 0.230 e. The number of nitrogens with zero attached hydrogens (tertiary/aromatic N) is 2. The highest BCUT2D eigenvalue weighted by Gasteiger charge is 2.29. The summed E-state index contributed by atoms with van der Waals surface area (Å²) in [5.74, 6) is 0.803. The minimum Gasteiger partial charge on any atom is -0.330 e. The van der Waals surface area contributed by atoms with E-state index in [1.54, 1.807) is 4.90 Å². The second-order valence-corrected chi connectivity index (χ2v) is 5.69. The van der Waals surface area contributed by atoms with Gasteiger partial charge in [-0.3, -0.25) is 4.79 Å². The Morgan fingerprint density at radius 1 is 1.24 bits per heavy atom. The lowest BCUT2D eigenvalue weighted by Gasteiger charge is -2.31. The molecule has 21 heavy (non-hydrogen) atoms. The first-order valence-electron chi connectivity index (χ1n) is 7.69. The molecule has 1 fully saturated rings. The van der Waals surface area contributed by atoms with E-state index < -0.39 is 0 Å². The van der Waals surface area contributed by atoms with Crippen LogP contribution in [0.15, 0.2) is 30.3 Å². The zero-order valence-electron chi connectivity index (χ0n) is 12.4. The van der Waals surface area contributed by atoms with Gasteiger partial charge in [-0.15, -0.1) is 0 Å². The second-order valence-electron chi connectivity index (χ2n) is 5.69. The fourth-order valence-corrected chi connectivity index (χ4v) is 3.00. The summed E-state index contributed by atoms with van der Waals surface area (Å²) in [7, 11) is 0. The molecule has 2 N–H and O–H groups in total. The maximum absolute atomic E-state index is 12.8. The van der Waals surface area contributed by atoms with Gasteiger partial charge in [0.25, 0.3) is 0 Å². The topological polar surface area (TPSA) is 70.1 Å². The van der Waals surface area contributed by atoms with E-state index in [0.717, 1.165) is 37.9 Å². The quantitative estimate of drug-likeness (QED) is 0.904. The molecule has 0 atom stereocenters. The molecule has 0 aromatic heterocycles. The van der Waals surface area contributed by atoms with Gasteiger partial charge < -0.3 is 10.6 Å². The van der Waals surface area contributed by atoms with Crippen LogP contribution in [-0.4, -0.2) is 19.0 Å². The molecule has 1 aromatic rings. The van der Waals surface area contributed by atoms with Crippen molar-refractivity contribution in [1.29, 1.82) is 5.26 Å². The van der Waals surface area contributed by atoms with Crippen LogP contribution in [0.5, 0.6) is 0 Å². The molecule has 1 amide bonds. The molecule has 0 radical (unpaired) electrons. The Bertz CT molecular complexity index is 487. The summed E-state index contributed by atoms with van der Waals surface area (Å²) in [5.41, 5.74) is 6.60. The largest absolute Gasteiger partial charge is 0.330 e. The highest BCUT2D eigenvalue weighted by atomic mass is 16.2. The standard InChI is InChI=1S/C17H23N3O/c18-11-4-12-20(16-5-2-1-3-6-16)17(21)15-9-7-14(13-19)8-10-15/h1-3,5-6,14-15H,4,7-10,12-13,19H2. The Morgan fingerprint density at radius 2 is 1.90 bits per heavy atom. The third kappa shape index (κ3) is 4.05. The monoisotopic (exact) mass is 285 g/mol. The van der Waals surface area contributed by atoms with Crippen molar-refractivity contribution in [3.05, 3.63) is 30.3 Å². The van der Waals surface area contributed by atoms with Gasteiger partial charge in [-0.2, -0.15) is 5.26 Å². The number of carbonyl (C=O) groups is 1. The molecule has 4 nitrogen and oxygen atoms in total. The van der Waals surface area contributed by atoms with Crippen molar-refractivity contribution in [2.75, 3.05) is 18.0 Å². The third-order valence-corrected chi connectivity index (χ3v) is 4.31. The summed E-state index contributed by atoms with van der Waals surface area (Å²) >= 11 is 0. The first-order valence-corrected chi connectivity index (χ1v) is 7.69. The molecule has 2 rings (SSSR count). The predicted octanol–water partition coefficient (Wildman–Crippen LogP) is 2.70. The maximum atomic E-state index is 12.8. The Hall–Kier alpha value is -1.86. The van der Waals surface area contributed by atoms with Crippen molar-refractivity contribution in [2.45, 2.75) is 32.1 Å². The Labute approximate surface area is 126 Å². The van der Waals surface area contributed by atoms with Crippen molar-refractivity contribution in [2.24, 2.45) is 17.6 Å². The van der Waals surface area contributed by atoms with Crippen LogP contribution >= 0.6 is 0 Å². The molecule has 0 saturated heterocycles. The molecule has 0 unspecified atom stereocenters. The molecule has 4 heteroatoms. The van der Waals surface area contributed by atoms with Crippen molar-refractivity contribution in [1.82, 2.24) is 0 Å². The van der Waals surface area contributed by atoms with Gasteiger partial charge in [-0.1, -0.05) is 18.2 Å². The molecule has 0 aliphatic heterocycles. The first-order chi connectivity index (χ1) is 10.3. The van der Waals surface area contributed by atoms with Gasteiger partial charge in [0.1, 0.15) is 0 Å². The summed E-state index contributed by atoms with van der Waals surface area (Å²) in [5, 5.41) is 8.82. The average Bonchev–Trinajstić information content (AvgIpc) is 2.56. The number of para-hydroxylation sites is 1. The summed E-state index contributed by atoms with van der Waals surface area (Å²) in [6.45, 7) is 1.19. The lowest BCUT2D eigenvalue weighted by atomic mass is 9.81. The lowest BCUT2D eigenvalue weighted by Crippen LogP contribution is -2.39. The number of nitriles is 1. The maximum Gasteiger partial charge on any atom is 0.230 e. The number of benzene rings is 1. The van der Waals surface area contributed by atoms with Gasteiger partial charge in [0.2, 0.25) is 5.91 Å². The predicted molar refractivity (Wildman–Crippen MR) is 83.5 cm³/mol. The van der Waals surface area contributed by atoms with Crippen LogP contribution in [-0.2, 0) is 4.79 Å². The molecule has 1 aliphatic rings. The zero-order valence-corrected chi connectivity index (χ0v) is 12.4. The van der Waals surface area contributed by atoms with E-state index in [4.69, 9.17) is 11.0 Å². The van der Waals surface area contributed by atoms with Crippen LogP contribution in [0.3, 0.4) is 0 Å². The van der Waals surface area contributed by atoms with E-state index in [9.17, 15) is 4.79 Å². The van der Waals surface area contributed by atoms with Crippen LogP contribution < -0.4 is 10.6 Å². The van der Waals surface area contributed by atoms with E-state index in [1.165, 1.54) is 0 Å². The molecular formula is C17H23N3O. The number of hydrogen-bond donors (Lipinski definition) is 1. The zero-order chi connectivity index (χ0) is 15.1. The SMILES string of the molecule is N#CCCN(C(=O)C1CCC(CN)CC1)c1ccccc1. The van der Waals surface area contributed by atoms with E-state index >= 15 is 0 Å². The fourth-order valence-electron chi connectivity index (χ4n) is 3.00. The molecular weight excluding hydrogens is 262 g/mol. The van der Waals surface area contributed by atoms with Crippen molar-refractivity contribution in [3.8, 4) is 6.07 Å². The van der Waals surface area contributed by atoms with E-state index in [2.05, 4.69) is 6.07 Å². The number of amides is 1. The molecule has 0 heterocycles. The number of rotatable bonds is 5. The summed E-state index contributed by atoms with van der Waals surface area (Å²) in [4.78, 5) is 14.6. The Kier molecular flexibility index (Phi) is 5.77. The molecule has 112 valence electrons. The van der Waals surface area contributed by atoms with Crippen LogP contribution in [0.4, 0.5) is 5.69 Å².